The van der Waals surface area contributed by atoms with Crippen molar-refractivity contribution in [3.05, 3.63) is 29.3 Å². The van der Waals surface area contributed by atoms with E-state index < -0.39 is 23.2 Å². The lowest BCUT2D eigenvalue weighted by Crippen LogP contribution is -2.12. The van der Waals surface area contributed by atoms with Crippen molar-refractivity contribution in [3.8, 4) is 0 Å². The minimum Gasteiger partial charge on any atom is -0.462 e. The van der Waals surface area contributed by atoms with E-state index >= 15 is 0 Å². The molecule has 0 bridgehead atoms. The van der Waals surface area contributed by atoms with Gasteiger partial charge in [-0.3, -0.25) is 0 Å². The molecular formula is C11H13F2NO2. The van der Waals surface area contributed by atoms with Gasteiger partial charge in [0, 0.05) is 0 Å². The summed E-state index contributed by atoms with van der Waals surface area (Å²) < 4.78 is 31.3. The molecule has 0 fully saturated rings. The van der Waals surface area contributed by atoms with Crippen molar-refractivity contribution >= 4 is 11.7 Å². The van der Waals surface area contributed by atoms with Crippen LogP contribution in [0.25, 0.3) is 0 Å². The normalized spacial score (nSPS) is 10.2. The number of carbonyl (C=O) groups is 1. The molecule has 0 saturated carbocycles. The van der Waals surface area contributed by atoms with Crippen LogP contribution in [0.2, 0.25) is 0 Å². The van der Waals surface area contributed by atoms with Gasteiger partial charge in [0.25, 0.3) is 0 Å². The van der Waals surface area contributed by atoms with Crippen LogP contribution in [0.1, 0.15) is 30.1 Å². The largest absolute Gasteiger partial charge is 0.462 e. The molecule has 0 saturated heterocycles. The van der Waals surface area contributed by atoms with Crippen molar-refractivity contribution in [2.45, 2.75) is 19.8 Å². The second-order valence-corrected chi connectivity index (χ2v) is 3.32. The Hall–Kier alpha value is -1.65. The minimum absolute atomic E-state index is 0.142. The third kappa shape index (κ3) is 2.68. The smallest absolute Gasteiger partial charge is 0.344 e. The van der Waals surface area contributed by atoms with Gasteiger partial charge in [0.2, 0.25) is 0 Å². The Bertz CT molecular complexity index is 394. The van der Waals surface area contributed by atoms with Gasteiger partial charge >= 0.3 is 5.97 Å². The van der Waals surface area contributed by atoms with Crippen molar-refractivity contribution in [2.24, 2.45) is 0 Å². The molecule has 5 heteroatoms. The number of benzene rings is 1. The van der Waals surface area contributed by atoms with E-state index in [0.29, 0.717) is 6.42 Å². The molecule has 0 amide bonds. The lowest BCUT2D eigenvalue weighted by molar-refractivity contribution is 0.0489. The Morgan fingerprint density at radius 2 is 2.12 bits per heavy atom. The first kappa shape index (κ1) is 12.4. The molecule has 16 heavy (non-hydrogen) atoms. The molecule has 0 aliphatic rings. The molecule has 3 nitrogen and oxygen atoms in total. The molecule has 2 N–H and O–H groups in total. The molecule has 1 rings (SSSR count). The topological polar surface area (TPSA) is 52.3 Å². The highest BCUT2D eigenvalue weighted by atomic mass is 19.1. The number of hydrogen-bond acceptors (Lipinski definition) is 3. The maximum Gasteiger partial charge on any atom is 0.344 e. The van der Waals surface area contributed by atoms with E-state index in [1.54, 1.807) is 0 Å². The monoisotopic (exact) mass is 229 g/mol. The van der Waals surface area contributed by atoms with Gasteiger partial charge in [-0.15, -0.1) is 0 Å². The van der Waals surface area contributed by atoms with E-state index in [1.165, 1.54) is 0 Å². The molecule has 1 aromatic rings. The van der Waals surface area contributed by atoms with Crippen LogP contribution in [0.5, 0.6) is 0 Å². The molecule has 0 aliphatic heterocycles. The predicted octanol–water partition coefficient (Wildman–Crippen LogP) is 2.50. The zero-order valence-electron chi connectivity index (χ0n) is 8.93. The molecule has 0 aliphatic carbocycles. The highest BCUT2D eigenvalue weighted by Crippen LogP contribution is 2.19. The summed E-state index contributed by atoms with van der Waals surface area (Å²) in [6, 6.07) is 2.00. The summed E-state index contributed by atoms with van der Waals surface area (Å²) in [5, 5.41) is 0. The van der Waals surface area contributed by atoms with Crippen LogP contribution in [0.4, 0.5) is 14.5 Å². The third-order valence-corrected chi connectivity index (χ3v) is 2.06. The summed E-state index contributed by atoms with van der Waals surface area (Å²) in [6.07, 6.45) is 1.48. The van der Waals surface area contributed by atoms with Gasteiger partial charge in [-0.1, -0.05) is 13.3 Å². The third-order valence-electron chi connectivity index (χ3n) is 2.06. The Morgan fingerprint density at radius 3 is 2.75 bits per heavy atom. The van der Waals surface area contributed by atoms with E-state index in [4.69, 9.17) is 10.5 Å². The molecule has 0 unspecified atom stereocenters. The quantitative estimate of drug-likeness (QED) is 0.490. The average Bonchev–Trinajstić information content (AvgIpc) is 2.24. The highest BCUT2D eigenvalue weighted by Gasteiger charge is 2.20. The number of hydrogen-bond donors (Lipinski definition) is 1. The van der Waals surface area contributed by atoms with Crippen LogP contribution in [-0.2, 0) is 4.74 Å². The maximum atomic E-state index is 13.4. The van der Waals surface area contributed by atoms with Crippen LogP contribution >= 0.6 is 0 Å². The Balaban J connectivity index is 2.86. The van der Waals surface area contributed by atoms with Crippen LogP contribution in [0.3, 0.4) is 0 Å². The van der Waals surface area contributed by atoms with E-state index in [2.05, 4.69) is 0 Å². The van der Waals surface area contributed by atoms with Crippen molar-refractivity contribution in [2.75, 3.05) is 12.3 Å². The molecule has 0 atom stereocenters. The van der Waals surface area contributed by atoms with Gasteiger partial charge < -0.3 is 10.5 Å². The lowest BCUT2D eigenvalue weighted by atomic mass is 10.1. The van der Waals surface area contributed by atoms with E-state index in [-0.39, 0.29) is 12.3 Å². The molecule has 0 aromatic heterocycles. The fraction of sp³-hybridized carbons (Fsp3) is 0.364. The van der Waals surface area contributed by atoms with Gasteiger partial charge in [-0.25, -0.2) is 13.6 Å². The lowest BCUT2D eigenvalue weighted by Gasteiger charge is -2.07. The van der Waals surface area contributed by atoms with Gasteiger partial charge in [0.1, 0.15) is 11.4 Å². The molecule has 0 radical (unpaired) electrons. The number of ether oxygens (including phenoxy) is 1. The van der Waals surface area contributed by atoms with Gasteiger partial charge in [0.05, 0.1) is 12.3 Å². The summed E-state index contributed by atoms with van der Waals surface area (Å²) in [7, 11) is 0. The molecule has 1 aromatic carbocycles. The summed E-state index contributed by atoms with van der Waals surface area (Å²) in [6.45, 7) is 2.05. The number of rotatable bonds is 4. The number of unbranched alkanes of at least 4 members (excludes halogenated alkanes) is 1. The first-order chi connectivity index (χ1) is 7.57. The maximum absolute atomic E-state index is 13.4. The highest BCUT2D eigenvalue weighted by molar-refractivity contribution is 5.91. The predicted molar refractivity (Wildman–Crippen MR) is 56.0 cm³/mol. The second kappa shape index (κ2) is 5.44. The van der Waals surface area contributed by atoms with Crippen LogP contribution < -0.4 is 5.73 Å². The average molecular weight is 229 g/mol. The molecular weight excluding hydrogens is 216 g/mol. The number of carbonyl (C=O) groups excluding carboxylic acids is 1. The van der Waals surface area contributed by atoms with E-state index in [1.807, 2.05) is 6.92 Å². The van der Waals surface area contributed by atoms with Crippen LogP contribution in [-0.4, -0.2) is 12.6 Å². The summed E-state index contributed by atoms with van der Waals surface area (Å²) in [5.74, 6) is -3.05. The number of anilines is 1. The molecule has 0 spiro atoms. The summed E-state index contributed by atoms with van der Waals surface area (Å²) in [5.41, 5.74) is 4.23. The van der Waals surface area contributed by atoms with Gasteiger partial charge in [-0.2, -0.15) is 0 Å². The fourth-order valence-corrected chi connectivity index (χ4v) is 1.14. The van der Waals surface area contributed by atoms with Crippen LogP contribution in [0.15, 0.2) is 12.1 Å². The SMILES string of the molecule is CCCCOC(=O)c1c(F)ccc(N)c1F. The summed E-state index contributed by atoms with van der Waals surface area (Å²) in [4.78, 5) is 11.4. The minimum atomic E-state index is -1.07. The Kier molecular flexibility index (Phi) is 4.22. The van der Waals surface area contributed by atoms with Gasteiger partial charge in [0.15, 0.2) is 5.82 Å². The zero-order valence-corrected chi connectivity index (χ0v) is 8.93. The van der Waals surface area contributed by atoms with E-state index in [0.717, 1.165) is 18.6 Å². The van der Waals surface area contributed by atoms with Crippen molar-refractivity contribution < 1.29 is 18.3 Å². The first-order valence-electron chi connectivity index (χ1n) is 4.98. The number of nitrogen functional groups attached to an aromatic ring is 1. The van der Waals surface area contributed by atoms with Crippen molar-refractivity contribution in [3.63, 3.8) is 0 Å². The first-order valence-corrected chi connectivity index (χ1v) is 4.98. The standard InChI is InChI=1S/C11H13F2NO2/c1-2-3-6-16-11(15)9-7(12)4-5-8(14)10(9)13/h4-5H,2-3,6,14H2,1H3. The van der Waals surface area contributed by atoms with E-state index in [9.17, 15) is 13.6 Å². The number of halogens is 2. The van der Waals surface area contributed by atoms with Crippen molar-refractivity contribution in [1.29, 1.82) is 0 Å². The van der Waals surface area contributed by atoms with Crippen molar-refractivity contribution in [1.82, 2.24) is 0 Å². The zero-order chi connectivity index (χ0) is 12.1. The number of nitrogens with two attached hydrogens (primary N) is 1. The Labute approximate surface area is 92.2 Å². The second-order valence-electron chi connectivity index (χ2n) is 3.32. The molecule has 0 heterocycles. The number of esters is 1. The molecule has 88 valence electrons. The van der Waals surface area contributed by atoms with Gasteiger partial charge in [-0.05, 0) is 18.6 Å². The fourth-order valence-electron chi connectivity index (χ4n) is 1.14. The van der Waals surface area contributed by atoms with Crippen LogP contribution in [0, 0.1) is 11.6 Å². The Morgan fingerprint density at radius 1 is 1.44 bits per heavy atom. The summed E-state index contributed by atoms with van der Waals surface area (Å²) >= 11 is 0.